The van der Waals surface area contributed by atoms with E-state index in [2.05, 4.69) is 4.98 Å². The average molecular weight is 331 g/mol. The van der Waals surface area contributed by atoms with Gasteiger partial charge in [-0.3, -0.25) is 0 Å². The van der Waals surface area contributed by atoms with Crippen LogP contribution in [0.25, 0.3) is 5.57 Å². The van der Waals surface area contributed by atoms with Gasteiger partial charge in [-0.25, -0.2) is 4.98 Å². The summed E-state index contributed by atoms with van der Waals surface area (Å²) in [5.41, 5.74) is 4.87. The molecular formula is C16H16BF2N3S. The Morgan fingerprint density at radius 1 is 1.22 bits per heavy atom. The number of hydrogen-bond donors (Lipinski definition) is 0. The molecule has 0 N–H and O–H groups in total. The largest absolute Gasteiger partial charge is 0.737 e. The highest BCUT2D eigenvalue weighted by atomic mass is 32.1. The standard InChI is InChI=1S/C16H16BF2N3S/c1-9-7-11(3)21-14(9)13(16-20-5-6-23-16)15-10(2)8-12(4)22(15)17(21,18)19/h5-8H,1-4H3. The summed E-state index contributed by atoms with van der Waals surface area (Å²) in [6, 6.07) is 1.83. The van der Waals surface area contributed by atoms with Crippen molar-refractivity contribution in [2.45, 2.75) is 27.7 Å². The highest BCUT2D eigenvalue weighted by molar-refractivity contribution is 7.10. The number of hydrogen-bond acceptors (Lipinski definition) is 2. The van der Waals surface area contributed by atoms with Crippen molar-refractivity contribution in [2.75, 3.05) is 0 Å². The Kier molecular flexibility index (Phi) is 2.85. The lowest BCUT2D eigenvalue weighted by atomic mass is 9.86. The van der Waals surface area contributed by atoms with Crippen LogP contribution in [0.1, 0.15) is 35.8 Å². The number of aromatic nitrogens is 2. The first kappa shape index (κ1) is 14.6. The highest BCUT2D eigenvalue weighted by Gasteiger charge is 2.55. The van der Waals surface area contributed by atoms with E-state index in [1.165, 1.54) is 20.3 Å². The van der Waals surface area contributed by atoms with Gasteiger partial charge in [0.05, 0.1) is 5.57 Å². The minimum atomic E-state index is -3.90. The van der Waals surface area contributed by atoms with Crippen molar-refractivity contribution in [3.05, 3.63) is 56.9 Å². The summed E-state index contributed by atoms with van der Waals surface area (Å²) in [4.78, 5) is 4.40. The van der Waals surface area contributed by atoms with Crippen LogP contribution in [0, 0.1) is 13.8 Å². The first-order valence-corrected chi connectivity index (χ1v) is 8.39. The fourth-order valence-electron chi connectivity index (χ4n) is 3.85. The van der Waals surface area contributed by atoms with Crippen molar-refractivity contribution in [2.24, 2.45) is 0 Å². The highest BCUT2D eigenvalue weighted by Crippen LogP contribution is 2.44. The lowest BCUT2D eigenvalue weighted by Crippen LogP contribution is -2.51. The van der Waals surface area contributed by atoms with E-state index in [1.807, 2.05) is 31.4 Å². The molecule has 7 heteroatoms. The summed E-state index contributed by atoms with van der Waals surface area (Å²) >= 11 is 1.48. The molecule has 0 aromatic carbocycles. The Labute approximate surface area is 137 Å². The minimum absolute atomic E-state index is 0.577. The monoisotopic (exact) mass is 331 g/mol. The van der Waals surface area contributed by atoms with E-state index in [1.54, 1.807) is 20.0 Å². The van der Waals surface area contributed by atoms with Crippen LogP contribution >= 0.6 is 11.3 Å². The van der Waals surface area contributed by atoms with E-state index >= 15 is 8.63 Å². The molecule has 3 nitrogen and oxygen atoms in total. The molecule has 0 saturated carbocycles. The molecule has 4 rings (SSSR count). The Hall–Kier alpha value is -2.02. The van der Waals surface area contributed by atoms with Crippen LogP contribution in [0.2, 0.25) is 0 Å². The number of nitrogens with zero attached hydrogens (tertiary/aromatic N) is 3. The van der Waals surface area contributed by atoms with Gasteiger partial charge in [0.1, 0.15) is 10.7 Å². The molecule has 0 saturated heterocycles. The third-order valence-electron chi connectivity index (χ3n) is 4.58. The minimum Gasteiger partial charge on any atom is -0.393 e. The molecule has 23 heavy (non-hydrogen) atoms. The first-order chi connectivity index (χ1) is 10.8. The average Bonchev–Trinajstić information content (AvgIpc) is 3.12. The lowest BCUT2D eigenvalue weighted by Gasteiger charge is -2.33. The molecule has 118 valence electrons. The van der Waals surface area contributed by atoms with Gasteiger partial charge in [-0.1, -0.05) is 0 Å². The second-order valence-corrected chi connectivity index (χ2v) is 7.07. The number of fused-ring (bicyclic) bond motifs is 2. The molecule has 0 bridgehead atoms. The first-order valence-electron chi connectivity index (χ1n) is 7.51. The molecule has 0 amide bonds. The van der Waals surface area contributed by atoms with Gasteiger partial charge in [0, 0.05) is 35.8 Å². The van der Waals surface area contributed by atoms with Gasteiger partial charge in [0.15, 0.2) is 5.70 Å². The van der Waals surface area contributed by atoms with Crippen molar-refractivity contribution < 1.29 is 13.1 Å². The Balaban J connectivity index is 2.20. The summed E-state index contributed by atoms with van der Waals surface area (Å²) in [6.45, 7) is 3.36. The normalized spacial score (nSPS) is 19.1. The van der Waals surface area contributed by atoms with Crippen LogP contribution in [0.5, 0.6) is 0 Å². The smallest absolute Gasteiger partial charge is 0.393 e. The number of aryl methyl sites for hydroxylation is 2. The fraction of sp³-hybridized carbons (Fsp3) is 0.250. The van der Waals surface area contributed by atoms with Crippen LogP contribution in [0.4, 0.5) is 8.63 Å². The zero-order valence-electron chi connectivity index (χ0n) is 13.4. The molecular weight excluding hydrogens is 315 g/mol. The lowest BCUT2D eigenvalue weighted by molar-refractivity contribution is -0.363. The maximum atomic E-state index is 15.3. The van der Waals surface area contributed by atoms with Gasteiger partial charge >= 0.3 is 6.97 Å². The van der Waals surface area contributed by atoms with Gasteiger partial charge in [0.2, 0.25) is 0 Å². The third-order valence-corrected chi connectivity index (χ3v) is 5.37. The SMILES string of the molecule is CC1=CC(C)=[N+]2C1=C(c1nccs1)c1c(C)cc(C)n1[B-]2(F)F. The fourth-order valence-corrected chi connectivity index (χ4v) is 4.53. The Morgan fingerprint density at radius 3 is 2.61 bits per heavy atom. The van der Waals surface area contributed by atoms with Crippen LogP contribution < -0.4 is 0 Å². The van der Waals surface area contributed by atoms with Gasteiger partial charge in [-0.05, 0) is 38.1 Å². The van der Waals surface area contributed by atoms with Crippen molar-refractivity contribution in [3.63, 3.8) is 0 Å². The zero-order chi connectivity index (χ0) is 16.5. The molecule has 4 heterocycles. The number of thiazole rings is 1. The molecule has 0 atom stereocenters. The quantitative estimate of drug-likeness (QED) is 0.724. The van der Waals surface area contributed by atoms with Crippen molar-refractivity contribution in [1.82, 2.24) is 9.46 Å². The molecule has 0 spiro atoms. The predicted octanol–water partition coefficient (Wildman–Crippen LogP) is 3.99. The van der Waals surface area contributed by atoms with Crippen LogP contribution in [0.3, 0.4) is 0 Å². The molecule has 0 radical (unpaired) electrons. The van der Waals surface area contributed by atoms with E-state index in [0.717, 1.165) is 21.7 Å². The Morgan fingerprint density at radius 2 is 1.96 bits per heavy atom. The molecule has 2 aliphatic rings. The van der Waals surface area contributed by atoms with Gasteiger partial charge in [-0.2, -0.15) is 0 Å². The number of halogens is 2. The molecule has 0 unspecified atom stereocenters. The van der Waals surface area contributed by atoms with E-state index in [4.69, 9.17) is 0 Å². The third kappa shape index (κ3) is 1.74. The second-order valence-electron chi connectivity index (χ2n) is 6.18. The maximum Gasteiger partial charge on any atom is 0.737 e. The topological polar surface area (TPSA) is 20.8 Å². The Bertz CT molecular complexity index is 933. The van der Waals surface area contributed by atoms with E-state index < -0.39 is 6.97 Å². The summed E-state index contributed by atoms with van der Waals surface area (Å²) in [7, 11) is 0. The molecule has 2 aromatic heterocycles. The molecule has 2 aliphatic heterocycles. The van der Waals surface area contributed by atoms with Crippen molar-refractivity contribution in [3.8, 4) is 0 Å². The molecule has 0 aliphatic carbocycles. The zero-order valence-corrected chi connectivity index (χ0v) is 14.2. The molecule has 2 aromatic rings. The summed E-state index contributed by atoms with van der Waals surface area (Å²) in [6.07, 6.45) is 3.55. The number of rotatable bonds is 1. The number of allylic oxidation sites excluding steroid dienone is 2. The van der Waals surface area contributed by atoms with Gasteiger partial charge in [0.25, 0.3) is 0 Å². The van der Waals surface area contributed by atoms with Crippen LogP contribution in [-0.4, -0.2) is 26.6 Å². The van der Waals surface area contributed by atoms with E-state index in [-0.39, 0.29) is 0 Å². The molecule has 0 fully saturated rings. The van der Waals surface area contributed by atoms with Crippen LogP contribution in [-0.2, 0) is 0 Å². The van der Waals surface area contributed by atoms with Crippen LogP contribution in [0.15, 0.2) is 35.0 Å². The summed E-state index contributed by atoms with van der Waals surface area (Å²) in [5, 5.41) is 2.66. The maximum absolute atomic E-state index is 15.3. The second kappa shape index (κ2) is 4.51. The van der Waals surface area contributed by atoms with E-state index in [0.29, 0.717) is 22.8 Å². The summed E-state index contributed by atoms with van der Waals surface area (Å²) < 4.78 is 33.0. The van der Waals surface area contributed by atoms with Gasteiger partial charge in [-0.15, -0.1) is 11.3 Å². The van der Waals surface area contributed by atoms with E-state index in [9.17, 15) is 0 Å². The van der Waals surface area contributed by atoms with Gasteiger partial charge < -0.3 is 17.6 Å². The predicted molar refractivity (Wildman–Crippen MR) is 90.1 cm³/mol. The van der Waals surface area contributed by atoms with Crippen molar-refractivity contribution in [1.29, 1.82) is 0 Å². The van der Waals surface area contributed by atoms with Crippen molar-refractivity contribution >= 4 is 29.6 Å². The summed E-state index contributed by atoms with van der Waals surface area (Å²) in [5.74, 6) is 0.